The van der Waals surface area contributed by atoms with Crippen molar-refractivity contribution in [2.75, 3.05) is 6.61 Å². The van der Waals surface area contributed by atoms with Crippen LogP contribution in [0, 0.1) is 0 Å². The lowest BCUT2D eigenvalue weighted by atomic mass is 10.1. The first-order valence-electron chi connectivity index (χ1n) is 4.97. The number of benzene rings is 1. The zero-order chi connectivity index (χ0) is 13.6. The van der Waals surface area contributed by atoms with Crippen molar-refractivity contribution in [1.29, 1.82) is 0 Å². The average molecular weight is 282 g/mol. The van der Waals surface area contributed by atoms with Crippen LogP contribution in [-0.4, -0.2) is 25.7 Å². The molecule has 1 aromatic rings. The first-order chi connectivity index (χ1) is 8.18. The Bertz CT molecular complexity index is 561. The monoisotopic (exact) mass is 282 g/mol. The van der Waals surface area contributed by atoms with Crippen LogP contribution in [-0.2, 0) is 27.5 Å². The van der Waals surface area contributed by atoms with Crippen molar-refractivity contribution in [2.24, 2.45) is 0 Å². The molecule has 1 aliphatic rings. The van der Waals surface area contributed by atoms with E-state index in [1.54, 1.807) is 0 Å². The Hall–Kier alpha value is -1.12. The number of epoxide rings is 1. The van der Waals surface area contributed by atoms with Crippen LogP contribution in [0.3, 0.4) is 0 Å². The van der Waals surface area contributed by atoms with E-state index in [1.165, 1.54) is 0 Å². The summed E-state index contributed by atoms with van der Waals surface area (Å²) in [6, 6.07) is 2.11. The SMILES string of the molecule is O=S(=O)(O)c1ccc(C(F)(F)F)cc1CC1CO1. The molecular weight excluding hydrogens is 273 g/mol. The van der Waals surface area contributed by atoms with Gasteiger partial charge in [-0.25, -0.2) is 0 Å². The molecule has 4 nitrogen and oxygen atoms in total. The molecule has 2 rings (SSSR count). The molecule has 100 valence electrons. The van der Waals surface area contributed by atoms with Crippen LogP contribution >= 0.6 is 0 Å². The molecular formula is C10H9F3O4S. The fraction of sp³-hybridized carbons (Fsp3) is 0.400. The predicted molar refractivity (Wildman–Crippen MR) is 54.7 cm³/mol. The lowest BCUT2D eigenvalue weighted by Gasteiger charge is -2.11. The van der Waals surface area contributed by atoms with E-state index in [-0.39, 0.29) is 18.1 Å². The lowest BCUT2D eigenvalue weighted by Crippen LogP contribution is -2.10. The third-order valence-corrected chi connectivity index (χ3v) is 3.47. The topological polar surface area (TPSA) is 66.9 Å². The maximum Gasteiger partial charge on any atom is 0.416 e. The highest BCUT2D eigenvalue weighted by molar-refractivity contribution is 7.85. The highest BCUT2D eigenvalue weighted by atomic mass is 32.2. The van der Waals surface area contributed by atoms with Gasteiger partial charge in [-0.1, -0.05) is 0 Å². The molecule has 1 unspecified atom stereocenters. The number of halogens is 3. The van der Waals surface area contributed by atoms with Crippen molar-refractivity contribution in [2.45, 2.75) is 23.6 Å². The van der Waals surface area contributed by atoms with Gasteiger partial charge in [-0.15, -0.1) is 0 Å². The molecule has 0 aromatic heterocycles. The summed E-state index contributed by atoms with van der Waals surface area (Å²) < 4.78 is 73.4. The van der Waals surface area contributed by atoms with Crippen molar-refractivity contribution in [3.63, 3.8) is 0 Å². The van der Waals surface area contributed by atoms with Crippen LogP contribution < -0.4 is 0 Å². The summed E-state index contributed by atoms with van der Waals surface area (Å²) in [4.78, 5) is -0.508. The highest BCUT2D eigenvalue weighted by Crippen LogP contribution is 2.32. The number of alkyl halides is 3. The molecule has 18 heavy (non-hydrogen) atoms. The fourth-order valence-electron chi connectivity index (χ4n) is 1.60. The molecule has 8 heteroatoms. The molecule has 1 aliphatic heterocycles. The Morgan fingerprint density at radius 1 is 1.39 bits per heavy atom. The van der Waals surface area contributed by atoms with Crippen molar-refractivity contribution in [1.82, 2.24) is 0 Å². The average Bonchev–Trinajstić information content (AvgIpc) is 2.98. The first kappa shape index (κ1) is 13.3. The number of hydrogen-bond acceptors (Lipinski definition) is 3. The second-order valence-corrected chi connectivity index (χ2v) is 5.34. The predicted octanol–water partition coefficient (Wildman–Crippen LogP) is 1.89. The van der Waals surface area contributed by atoms with Crippen molar-refractivity contribution in [3.05, 3.63) is 29.3 Å². The second kappa shape index (κ2) is 4.22. The molecule has 1 N–H and O–H groups in total. The maximum atomic E-state index is 12.5. The number of rotatable bonds is 3. The van der Waals surface area contributed by atoms with Crippen LogP contribution in [0.1, 0.15) is 11.1 Å². The van der Waals surface area contributed by atoms with E-state index in [0.29, 0.717) is 12.7 Å². The quantitative estimate of drug-likeness (QED) is 0.679. The van der Waals surface area contributed by atoms with E-state index in [9.17, 15) is 21.6 Å². The van der Waals surface area contributed by atoms with Gasteiger partial charge >= 0.3 is 6.18 Å². The molecule has 0 saturated carbocycles. The fourth-order valence-corrected chi connectivity index (χ4v) is 2.31. The standard InChI is InChI=1S/C10H9F3O4S/c11-10(12,13)7-1-2-9(18(14,15)16)6(3-7)4-8-5-17-8/h1-3,8H,4-5H2,(H,14,15,16). The molecule has 1 atom stereocenters. The Kier molecular flexibility index (Phi) is 3.12. The third kappa shape index (κ3) is 3.01. The van der Waals surface area contributed by atoms with E-state index in [2.05, 4.69) is 0 Å². The van der Waals surface area contributed by atoms with Gasteiger partial charge < -0.3 is 4.74 Å². The van der Waals surface area contributed by atoms with E-state index < -0.39 is 26.8 Å². The third-order valence-electron chi connectivity index (χ3n) is 2.52. The summed E-state index contributed by atoms with van der Waals surface area (Å²) >= 11 is 0. The number of ether oxygens (including phenoxy) is 1. The summed E-state index contributed by atoms with van der Waals surface area (Å²) in [6.45, 7) is 0.376. The Labute approximate surface area is 101 Å². The molecule has 0 spiro atoms. The Morgan fingerprint density at radius 3 is 2.44 bits per heavy atom. The summed E-state index contributed by atoms with van der Waals surface area (Å²) in [5.41, 5.74) is -1.04. The van der Waals surface area contributed by atoms with Gasteiger partial charge in [0.15, 0.2) is 0 Å². The molecule has 0 amide bonds. The van der Waals surface area contributed by atoms with Crippen molar-refractivity contribution >= 4 is 10.1 Å². The van der Waals surface area contributed by atoms with Gasteiger partial charge in [-0.3, -0.25) is 4.55 Å². The van der Waals surface area contributed by atoms with E-state index in [4.69, 9.17) is 9.29 Å². The zero-order valence-electron chi connectivity index (χ0n) is 8.94. The van der Waals surface area contributed by atoms with Crippen LogP contribution in [0.4, 0.5) is 13.2 Å². The highest BCUT2D eigenvalue weighted by Gasteiger charge is 2.33. The minimum absolute atomic E-state index is 0.0268. The van der Waals surface area contributed by atoms with Gasteiger partial charge in [0.1, 0.15) is 0 Å². The van der Waals surface area contributed by atoms with Gasteiger partial charge in [0.2, 0.25) is 0 Å². The van der Waals surface area contributed by atoms with Gasteiger partial charge in [-0.2, -0.15) is 21.6 Å². The van der Waals surface area contributed by atoms with E-state index >= 15 is 0 Å². The van der Waals surface area contributed by atoms with Crippen LogP contribution in [0.15, 0.2) is 23.1 Å². The normalized spacial score (nSPS) is 19.9. The molecule has 0 aliphatic carbocycles. The van der Waals surface area contributed by atoms with Gasteiger partial charge in [0.25, 0.3) is 10.1 Å². The summed E-state index contributed by atoms with van der Waals surface area (Å²) in [7, 11) is -4.54. The van der Waals surface area contributed by atoms with Crippen LogP contribution in [0.2, 0.25) is 0 Å². The molecule has 1 heterocycles. The lowest BCUT2D eigenvalue weighted by molar-refractivity contribution is -0.137. The molecule has 1 saturated heterocycles. The van der Waals surface area contributed by atoms with Gasteiger partial charge in [0.05, 0.1) is 23.2 Å². The summed E-state index contributed by atoms with van der Waals surface area (Å²) in [5, 5.41) is 0. The molecule has 0 radical (unpaired) electrons. The minimum Gasteiger partial charge on any atom is -0.373 e. The minimum atomic E-state index is -4.56. The molecule has 0 bridgehead atoms. The smallest absolute Gasteiger partial charge is 0.373 e. The summed E-state index contributed by atoms with van der Waals surface area (Å²) in [6.07, 6.45) is -4.82. The Morgan fingerprint density at radius 2 is 2.00 bits per heavy atom. The van der Waals surface area contributed by atoms with Crippen LogP contribution in [0.25, 0.3) is 0 Å². The second-order valence-electron chi connectivity index (χ2n) is 3.95. The Balaban J connectivity index is 2.47. The summed E-state index contributed by atoms with van der Waals surface area (Å²) in [5.74, 6) is 0. The number of hydrogen-bond donors (Lipinski definition) is 1. The molecule has 1 fully saturated rings. The van der Waals surface area contributed by atoms with Gasteiger partial charge in [0, 0.05) is 6.42 Å². The van der Waals surface area contributed by atoms with Crippen molar-refractivity contribution < 1.29 is 30.9 Å². The first-order valence-corrected chi connectivity index (χ1v) is 6.41. The maximum absolute atomic E-state index is 12.5. The largest absolute Gasteiger partial charge is 0.416 e. The van der Waals surface area contributed by atoms with Gasteiger partial charge in [-0.05, 0) is 23.8 Å². The van der Waals surface area contributed by atoms with Crippen LogP contribution in [0.5, 0.6) is 0 Å². The molecule has 1 aromatic carbocycles. The zero-order valence-corrected chi connectivity index (χ0v) is 9.75. The van der Waals surface area contributed by atoms with E-state index in [1.807, 2.05) is 0 Å². The van der Waals surface area contributed by atoms with Crippen molar-refractivity contribution in [3.8, 4) is 0 Å². The van der Waals surface area contributed by atoms with E-state index in [0.717, 1.165) is 12.1 Å².